The molecule has 0 unspecified atom stereocenters. The van der Waals surface area contributed by atoms with Crippen LogP contribution >= 0.6 is 0 Å². The summed E-state index contributed by atoms with van der Waals surface area (Å²) in [7, 11) is 5.45. The van der Waals surface area contributed by atoms with Gasteiger partial charge in [0.25, 0.3) is 0 Å². The lowest BCUT2D eigenvalue weighted by atomic mass is 10.1. The van der Waals surface area contributed by atoms with Crippen LogP contribution in [-0.2, 0) is 0 Å². The molecule has 1 aliphatic rings. The quantitative estimate of drug-likeness (QED) is 0.542. The van der Waals surface area contributed by atoms with Crippen LogP contribution in [0.2, 0.25) is 0 Å². The van der Waals surface area contributed by atoms with Gasteiger partial charge in [-0.3, -0.25) is 4.99 Å². The number of rotatable bonds is 7. The number of pyridine rings is 1. The SMILES string of the molecule is CN=CC(=CN)c1ccc(Nc2ncc3ccnc(N(C)C4CCCC4)c3n2)c(OC)c1. The van der Waals surface area contributed by atoms with Gasteiger partial charge < -0.3 is 20.7 Å². The van der Waals surface area contributed by atoms with E-state index in [1.54, 1.807) is 20.4 Å². The van der Waals surface area contributed by atoms with Crippen LogP contribution in [0.1, 0.15) is 31.2 Å². The molecular formula is C24H29N7O. The molecule has 0 saturated heterocycles. The van der Waals surface area contributed by atoms with Crippen molar-refractivity contribution in [2.24, 2.45) is 10.7 Å². The number of nitrogens with two attached hydrogens (primary N) is 1. The number of fused-ring (bicyclic) bond motifs is 1. The first-order valence-corrected chi connectivity index (χ1v) is 10.8. The third-order valence-corrected chi connectivity index (χ3v) is 5.92. The number of nitrogens with zero attached hydrogens (tertiary/aromatic N) is 5. The van der Waals surface area contributed by atoms with E-state index in [4.69, 9.17) is 15.5 Å². The molecule has 2 heterocycles. The summed E-state index contributed by atoms with van der Waals surface area (Å²) in [4.78, 5) is 20.3. The number of methoxy groups -OCH3 is 1. The Hall–Kier alpha value is -3.68. The summed E-state index contributed by atoms with van der Waals surface area (Å²) in [5.74, 6) is 2.03. The summed E-state index contributed by atoms with van der Waals surface area (Å²) in [6.45, 7) is 0. The maximum absolute atomic E-state index is 5.74. The van der Waals surface area contributed by atoms with Crippen molar-refractivity contribution in [3.05, 3.63) is 48.4 Å². The molecular weight excluding hydrogens is 402 g/mol. The van der Waals surface area contributed by atoms with Gasteiger partial charge in [-0.05, 0) is 36.6 Å². The zero-order valence-corrected chi connectivity index (χ0v) is 18.7. The molecule has 4 rings (SSSR count). The normalized spacial score (nSPS) is 14.9. The summed E-state index contributed by atoms with van der Waals surface area (Å²) in [5, 5.41) is 4.25. The van der Waals surface area contributed by atoms with Gasteiger partial charge in [-0.25, -0.2) is 15.0 Å². The number of hydrogen-bond donors (Lipinski definition) is 2. The minimum Gasteiger partial charge on any atom is -0.495 e. The Morgan fingerprint density at radius 3 is 2.78 bits per heavy atom. The summed E-state index contributed by atoms with van der Waals surface area (Å²) in [6, 6.07) is 8.22. The minimum absolute atomic E-state index is 0.488. The van der Waals surface area contributed by atoms with E-state index >= 15 is 0 Å². The Morgan fingerprint density at radius 1 is 1.25 bits per heavy atom. The maximum atomic E-state index is 5.74. The third kappa shape index (κ3) is 4.34. The summed E-state index contributed by atoms with van der Waals surface area (Å²) < 4.78 is 5.60. The van der Waals surface area contributed by atoms with Crippen LogP contribution in [0.5, 0.6) is 5.75 Å². The van der Waals surface area contributed by atoms with Gasteiger partial charge in [0.05, 0.1) is 12.8 Å². The number of anilines is 3. The number of nitrogens with one attached hydrogen (secondary N) is 1. The van der Waals surface area contributed by atoms with Crippen molar-refractivity contribution in [3.63, 3.8) is 0 Å². The predicted molar refractivity (Wildman–Crippen MR) is 131 cm³/mol. The van der Waals surface area contributed by atoms with E-state index in [1.807, 2.05) is 36.7 Å². The molecule has 1 fully saturated rings. The summed E-state index contributed by atoms with van der Waals surface area (Å²) >= 11 is 0. The first-order chi connectivity index (χ1) is 15.6. The van der Waals surface area contributed by atoms with Crippen LogP contribution in [0, 0.1) is 0 Å². The zero-order chi connectivity index (χ0) is 22.5. The molecule has 3 aromatic rings. The van der Waals surface area contributed by atoms with E-state index in [9.17, 15) is 0 Å². The fourth-order valence-corrected chi connectivity index (χ4v) is 4.17. The molecule has 1 aliphatic carbocycles. The molecule has 0 spiro atoms. The van der Waals surface area contributed by atoms with Crippen molar-refractivity contribution in [2.75, 3.05) is 31.4 Å². The van der Waals surface area contributed by atoms with Crippen LogP contribution in [0.25, 0.3) is 16.5 Å². The third-order valence-electron chi connectivity index (χ3n) is 5.92. The van der Waals surface area contributed by atoms with Gasteiger partial charge in [0.15, 0.2) is 5.82 Å². The molecule has 1 aromatic carbocycles. The smallest absolute Gasteiger partial charge is 0.227 e. The Labute approximate surface area is 188 Å². The fourth-order valence-electron chi connectivity index (χ4n) is 4.17. The molecule has 32 heavy (non-hydrogen) atoms. The highest BCUT2D eigenvalue weighted by Gasteiger charge is 2.22. The second-order valence-corrected chi connectivity index (χ2v) is 7.86. The van der Waals surface area contributed by atoms with Gasteiger partial charge in [0.2, 0.25) is 5.95 Å². The van der Waals surface area contributed by atoms with Crippen molar-refractivity contribution < 1.29 is 4.74 Å². The molecule has 8 nitrogen and oxygen atoms in total. The van der Waals surface area contributed by atoms with Crippen LogP contribution < -0.4 is 20.7 Å². The second kappa shape index (κ2) is 9.64. The molecule has 0 amide bonds. The Morgan fingerprint density at radius 2 is 2.06 bits per heavy atom. The van der Waals surface area contributed by atoms with E-state index in [2.05, 4.69) is 32.2 Å². The van der Waals surface area contributed by atoms with Crippen LogP contribution in [-0.4, -0.2) is 48.4 Å². The number of hydrogen-bond acceptors (Lipinski definition) is 8. The number of benzene rings is 1. The lowest BCUT2D eigenvalue weighted by molar-refractivity contribution is 0.416. The lowest BCUT2D eigenvalue weighted by Crippen LogP contribution is -2.29. The van der Waals surface area contributed by atoms with Crippen molar-refractivity contribution in [1.29, 1.82) is 0 Å². The van der Waals surface area contributed by atoms with E-state index in [0.717, 1.165) is 33.5 Å². The summed E-state index contributed by atoms with van der Waals surface area (Å²) in [6.07, 6.45) is 11.8. The highest BCUT2D eigenvalue weighted by Crippen LogP contribution is 2.32. The molecule has 0 atom stereocenters. The van der Waals surface area contributed by atoms with E-state index in [1.165, 1.54) is 31.9 Å². The van der Waals surface area contributed by atoms with Gasteiger partial charge in [-0.15, -0.1) is 0 Å². The highest BCUT2D eigenvalue weighted by molar-refractivity contribution is 6.09. The first-order valence-electron chi connectivity index (χ1n) is 10.8. The molecule has 0 aliphatic heterocycles. The average molecular weight is 432 g/mol. The largest absolute Gasteiger partial charge is 0.495 e. The first kappa shape index (κ1) is 21.5. The summed E-state index contributed by atoms with van der Waals surface area (Å²) in [5.41, 5.74) is 9.05. The van der Waals surface area contributed by atoms with E-state index < -0.39 is 0 Å². The molecule has 8 heteroatoms. The molecule has 2 aromatic heterocycles. The van der Waals surface area contributed by atoms with Crippen molar-refractivity contribution >= 4 is 40.1 Å². The Balaban J connectivity index is 1.66. The highest BCUT2D eigenvalue weighted by atomic mass is 16.5. The van der Waals surface area contributed by atoms with Gasteiger partial charge in [-0.1, -0.05) is 18.9 Å². The lowest BCUT2D eigenvalue weighted by Gasteiger charge is -2.26. The van der Waals surface area contributed by atoms with Crippen molar-refractivity contribution in [3.8, 4) is 5.75 Å². The van der Waals surface area contributed by atoms with Gasteiger partial charge >= 0.3 is 0 Å². The number of allylic oxidation sites excluding steroid dienone is 1. The molecule has 0 radical (unpaired) electrons. The topological polar surface area (TPSA) is 102 Å². The number of aromatic nitrogens is 3. The monoisotopic (exact) mass is 431 g/mol. The van der Waals surface area contributed by atoms with Gasteiger partial charge in [0.1, 0.15) is 11.3 Å². The number of aliphatic imine (C=N–C) groups is 1. The van der Waals surface area contributed by atoms with Crippen LogP contribution in [0.15, 0.2) is 47.9 Å². The average Bonchev–Trinajstić information content (AvgIpc) is 3.37. The number of ether oxygens (including phenoxy) is 1. The van der Waals surface area contributed by atoms with Gasteiger partial charge in [0, 0.05) is 55.9 Å². The zero-order valence-electron chi connectivity index (χ0n) is 18.7. The van der Waals surface area contributed by atoms with Crippen molar-refractivity contribution in [1.82, 2.24) is 15.0 Å². The van der Waals surface area contributed by atoms with E-state index in [0.29, 0.717) is 17.7 Å². The minimum atomic E-state index is 0.488. The predicted octanol–water partition coefficient (Wildman–Crippen LogP) is 4.16. The molecule has 1 saturated carbocycles. The molecule has 3 N–H and O–H groups in total. The molecule has 166 valence electrons. The molecule has 0 bridgehead atoms. The van der Waals surface area contributed by atoms with Crippen LogP contribution in [0.3, 0.4) is 0 Å². The standard InChI is InChI=1S/C24H29N7O/c1-26-14-18(13-25)16-8-9-20(21(12-16)32-3)29-24-28-15-17-10-11-27-23(22(17)30-24)31(2)19-6-4-5-7-19/h8-15,19H,4-7,25H2,1-3H3,(H,28,29,30). The van der Waals surface area contributed by atoms with E-state index in [-0.39, 0.29) is 0 Å². The Bertz CT molecular complexity index is 1150. The maximum Gasteiger partial charge on any atom is 0.227 e. The van der Waals surface area contributed by atoms with Crippen molar-refractivity contribution in [2.45, 2.75) is 31.7 Å². The second-order valence-electron chi connectivity index (χ2n) is 7.86. The van der Waals surface area contributed by atoms with Crippen LogP contribution in [0.4, 0.5) is 17.5 Å². The Kier molecular flexibility index (Phi) is 6.49. The van der Waals surface area contributed by atoms with Gasteiger partial charge in [-0.2, -0.15) is 0 Å². The fraction of sp³-hybridized carbons (Fsp3) is 0.333.